The summed E-state index contributed by atoms with van der Waals surface area (Å²) in [5.41, 5.74) is 3.34. The van der Waals surface area contributed by atoms with Crippen LogP contribution in [0, 0.1) is 0 Å². The molecule has 0 saturated carbocycles. The Hall–Kier alpha value is -2.42. The maximum atomic E-state index is 4.53. The van der Waals surface area contributed by atoms with Gasteiger partial charge in [-0.2, -0.15) is 0 Å². The number of hydrogen-bond donors (Lipinski definition) is 1. The highest BCUT2D eigenvalue weighted by Crippen LogP contribution is 2.31. The Bertz CT molecular complexity index is 745. The molecule has 0 unspecified atom stereocenters. The normalized spacial score (nSPS) is 10.7. The summed E-state index contributed by atoms with van der Waals surface area (Å²) in [6.07, 6.45) is 2.53. The number of nitrogens with one attached hydrogen (secondary N) is 1. The van der Waals surface area contributed by atoms with E-state index in [1.54, 1.807) is 6.33 Å². The second kappa shape index (κ2) is 5.29. The van der Waals surface area contributed by atoms with Crippen LogP contribution in [-0.2, 0) is 6.42 Å². The molecule has 0 fully saturated rings. The van der Waals surface area contributed by atoms with Crippen molar-refractivity contribution in [2.45, 2.75) is 13.3 Å². The zero-order valence-corrected chi connectivity index (χ0v) is 11.7. The van der Waals surface area contributed by atoms with Crippen LogP contribution in [0.1, 0.15) is 12.5 Å². The summed E-state index contributed by atoms with van der Waals surface area (Å²) in [6, 6.07) is 14.7. The molecule has 3 rings (SSSR count). The predicted octanol–water partition coefficient (Wildman–Crippen LogP) is 3.90. The van der Waals surface area contributed by atoms with E-state index in [1.807, 2.05) is 7.05 Å². The molecule has 3 aromatic rings. The van der Waals surface area contributed by atoms with Crippen molar-refractivity contribution in [2.75, 3.05) is 12.4 Å². The quantitative estimate of drug-likeness (QED) is 0.778. The lowest BCUT2D eigenvalue weighted by atomic mass is 9.98. The highest BCUT2D eigenvalue weighted by Gasteiger charge is 2.12. The van der Waals surface area contributed by atoms with Crippen LogP contribution in [0.15, 0.2) is 48.8 Å². The van der Waals surface area contributed by atoms with Gasteiger partial charge in [-0.3, -0.25) is 0 Å². The number of hydrogen-bond acceptors (Lipinski definition) is 3. The van der Waals surface area contributed by atoms with Crippen molar-refractivity contribution in [2.24, 2.45) is 0 Å². The molecule has 3 heteroatoms. The van der Waals surface area contributed by atoms with Crippen LogP contribution in [-0.4, -0.2) is 17.0 Å². The molecule has 0 radical (unpaired) electrons. The number of aromatic nitrogens is 2. The van der Waals surface area contributed by atoms with Gasteiger partial charge in [-0.25, -0.2) is 9.97 Å². The van der Waals surface area contributed by atoms with Crippen molar-refractivity contribution in [1.82, 2.24) is 9.97 Å². The van der Waals surface area contributed by atoms with E-state index in [4.69, 9.17) is 0 Å². The standard InChI is InChI=1S/C17H17N3/c1-3-13-16(19-11-20-17(13)18-2)15-10-6-8-12-7-4-5-9-14(12)15/h4-11H,3H2,1-2H3,(H,18,19,20). The van der Waals surface area contributed by atoms with Crippen LogP contribution in [0.4, 0.5) is 5.82 Å². The number of rotatable bonds is 3. The molecule has 0 aliphatic rings. The van der Waals surface area contributed by atoms with Gasteiger partial charge in [-0.05, 0) is 17.2 Å². The maximum Gasteiger partial charge on any atom is 0.132 e. The van der Waals surface area contributed by atoms with Crippen molar-refractivity contribution < 1.29 is 0 Å². The third-order valence-corrected chi connectivity index (χ3v) is 3.58. The first-order valence-corrected chi connectivity index (χ1v) is 6.85. The molecule has 0 atom stereocenters. The third-order valence-electron chi connectivity index (χ3n) is 3.58. The van der Waals surface area contributed by atoms with Crippen LogP contribution in [0.3, 0.4) is 0 Å². The van der Waals surface area contributed by atoms with Crippen LogP contribution in [0.25, 0.3) is 22.0 Å². The molecule has 0 bridgehead atoms. The first-order valence-electron chi connectivity index (χ1n) is 6.85. The zero-order valence-electron chi connectivity index (χ0n) is 11.7. The summed E-state index contributed by atoms with van der Waals surface area (Å²) in [4.78, 5) is 8.84. The largest absolute Gasteiger partial charge is 0.373 e. The van der Waals surface area contributed by atoms with Gasteiger partial charge in [0.1, 0.15) is 12.1 Å². The molecule has 20 heavy (non-hydrogen) atoms. The zero-order chi connectivity index (χ0) is 13.9. The monoisotopic (exact) mass is 263 g/mol. The second-order valence-corrected chi connectivity index (χ2v) is 4.68. The predicted molar refractivity (Wildman–Crippen MR) is 83.9 cm³/mol. The minimum Gasteiger partial charge on any atom is -0.373 e. The first kappa shape index (κ1) is 12.6. The molecule has 0 aliphatic heterocycles. The van der Waals surface area contributed by atoms with E-state index in [9.17, 15) is 0 Å². The van der Waals surface area contributed by atoms with Gasteiger partial charge in [0.05, 0.1) is 5.69 Å². The van der Waals surface area contributed by atoms with Crippen LogP contribution in [0.5, 0.6) is 0 Å². The lowest BCUT2D eigenvalue weighted by Crippen LogP contribution is -2.02. The van der Waals surface area contributed by atoms with Crippen molar-refractivity contribution in [3.63, 3.8) is 0 Å². The average Bonchev–Trinajstić information content (AvgIpc) is 2.53. The fraction of sp³-hybridized carbons (Fsp3) is 0.176. The lowest BCUT2D eigenvalue weighted by molar-refractivity contribution is 1.05. The molecule has 0 amide bonds. The Labute approximate surface area is 118 Å². The molecular formula is C17H17N3. The van der Waals surface area contributed by atoms with Crippen molar-refractivity contribution in [1.29, 1.82) is 0 Å². The van der Waals surface area contributed by atoms with Gasteiger partial charge in [0.2, 0.25) is 0 Å². The summed E-state index contributed by atoms with van der Waals surface area (Å²) >= 11 is 0. The second-order valence-electron chi connectivity index (χ2n) is 4.68. The number of fused-ring (bicyclic) bond motifs is 1. The van der Waals surface area contributed by atoms with E-state index in [-0.39, 0.29) is 0 Å². The number of benzene rings is 2. The topological polar surface area (TPSA) is 37.8 Å². The smallest absolute Gasteiger partial charge is 0.132 e. The van der Waals surface area contributed by atoms with Gasteiger partial charge in [0, 0.05) is 18.2 Å². The summed E-state index contributed by atoms with van der Waals surface area (Å²) in [5, 5.41) is 5.61. The molecule has 1 aromatic heterocycles. The molecule has 2 aromatic carbocycles. The fourth-order valence-corrected chi connectivity index (χ4v) is 2.63. The minimum absolute atomic E-state index is 0.898. The Morgan fingerprint density at radius 1 is 1.00 bits per heavy atom. The lowest BCUT2D eigenvalue weighted by Gasteiger charge is -2.13. The van der Waals surface area contributed by atoms with Gasteiger partial charge in [-0.1, -0.05) is 49.4 Å². The van der Waals surface area contributed by atoms with E-state index < -0.39 is 0 Å². The highest BCUT2D eigenvalue weighted by molar-refractivity contribution is 5.96. The Balaban J connectivity index is 2.31. The summed E-state index contributed by atoms with van der Waals surface area (Å²) in [5.74, 6) is 0.908. The Morgan fingerprint density at radius 3 is 2.60 bits per heavy atom. The van der Waals surface area contributed by atoms with Gasteiger partial charge in [0.15, 0.2) is 0 Å². The Kier molecular flexibility index (Phi) is 3.33. The van der Waals surface area contributed by atoms with Gasteiger partial charge < -0.3 is 5.32 Å². The van der Waals surface area contributed by atoms with Crippen molar-refractivity contribution >= 4 is 16.6 Å². The van der Waals surface area contributed by atoms with Crippen LogP contribution >= 0.6 is 0 Å². The van der Waals surface area contributed by atoms with E-state index >= 15 is 0 Å². The van der Waals surface area contributed by atoms with E-state index in [0.29, 0.717) is 0 Å². The van der Waals surface area contributed by atoms with Crippen LogP contribution < -0.4 is 5.32 Å². The van der Waals surface area contributed by atoms with Crippen molar-refractivity contribution in [3.05, 3.63) is 54.4 Å². The number of anilines is 1. The molecule has 1 heterocycles. The Morgan fingerprint density at radius 2 is 1.80 bits per heavy atom. The molecule has 0 saturated heterocycles. The van der Waals surface area contributed by atoms with E-state index in [0.717, 1.165) is 23.5 Å². The van der Waals surface area contributed by atoms with Gasteiger partial charge >= 0.3 is 0 Å². The van der Waals surface area contributed by atoms with Crippen molar-refractivity contribution in [3.8, 4) is 11.3 Å². The minimum atomic E-state index is 0.898. The van der Waals surface area contributed by atoms with E-state index in [2.05, 4.69) is 64.7 Å². The third kappa shape index (κ3) is 2.01. The van der Waals surface area contributed by atoms with E-state index in [1.165, 1.54) is 16.3 Å². The number of nitrogens with zero attached hydrogens (tertiary/aromatic N) is 2. The molecule has 3 nitrogen and oxygen atoms in total. The summed E-state index contributed by atoms with van der Waals surface area (Å²) in [7, 11) is 1.90. The molecule has 0 spiro atoms. The van der Waals surface area contributed by atoms with Crippen LogP contribution in [0.2, 0.25) is 0 Å². The van der Waals surface area contributed by atoms with Gasteiger partial charge in [0.25, 0.3) is 0 Å². The first-order chi connectivity index (χ1) is 9.85. The molecule has 1 N–H and O–H groups in total. The summed E-state index contributed by atoms with van der Waals surface area (Å²) in [6.45, 7) is 2.13. The molecular weight excluding hydrogens is 246 g/mol. The van der Waals surface area contributed by atoms with Gasteiger partial charge in [-0.15, -0.1) is 0 Å². The molecule has 0 aliphatic carbocycles. The highest BCUT2D eigenvalue weighted by atomic mass is 15.0. The average molecular weight is 263 g/mol. The fourth-order valence-electron chi connectivity index (χ4n) is 2.63. The summed E-state index contributed by atoms with van der Waals surface area (Å²) < 4.78 is 0. The maximum absolute atomic E-state index is 4.53. The SMILES string of the molecule is CCc1c(NC)ncnc1-c1cccc2ccccc12. The molecule has 100 valence electrons.